The lowest BCUT2D eigenvalue weighted by atomic mass is 9.82. The van der Waals surface area contributed by atoms with Crippen LogP contribution in [0.4, 0.5) is 0 Å². The summed E-state index contributed by atoms with van der Waals surface area (Å²) in [6, 6.07) is -0.788. The number of aliphatic hydroxyl groups excluding tert-OH is 9. The van der Waals surface area contributed by atoms with Crippen LogP contribution < -0.4 is 10.6 Å². The lowest BCUT2D eigenvalue weighted by Gasteiger charge is -2.46. The Bertz CT molecular complexity index is 1840. The number of rotatable bonds is 0. The third-order valence-electron chi connectivity index (χ3n) is 14.3. The molecule has 4 heterocycles. The predicted octanol–water partition coefficient (Wildman–Crippen LogP) is 2.73. The SMILES string of the molecule is C[C@@H]1[C@H](O)[C@@H](C)/C=C/C=C/C=C/C=C/C=C/C=C/C=C/[C@H]2C[C@@H]3O[C@](O)(C[C@@H](O)C[C@@H](O)[C@H](O)CC[C@@H](O)C[C@@H](O)CC(=O)O[C@H]1C)C[C@H](O)[C@H]3C(=O)NCCCCCCCCN[C@H]1[C@H](O)[C@H](O2)O[C@H](C)[C@H]1O. The Hall–Kier alpha value is -3.44. The Balaban J connectivity index is 1.62. The van der Waals surface area contributed by atoms with Crippen LogP contribution in [0.15, 0.2) is 85.1 Å². The highest BCUT2D eigenvalue weighted by atomic mass is 16.7. The molecule has 73 heavy (non-hydrogen) atoms. The van der Waals surface area contributed by atoms with Crippen LogP contribution in [0.1, 0.15) is 118 Å². The lowest BCUT2D eigenvalue weighted by molar-refractivity contribution is -0.308. The number of ether oxygens (including phenoxy) is 4. The first-order chi connectivity index (χ1) is 34.8. The van der Waals surface area contributed by atoms with E-state index in [1.54, 1.807) is 51.2 Å². The fourth-order valence-electron chi connectivity index (χ4n) is 9.75. The van der Waals surface area contributed by atoms with E-state index in [9.17, 15) is 60.7 Å². The number of hydrogen-bond acceptors (Lipinski definition) is 17. The smallest absolute Gasteiger partial charge is 0.308 e. The van der Waals surface area contributed by atoms with Crippen molar-refractivity contribution >= 4 is 11.9 Å². The highest BCUT2D eigenvalue weighted by Crippen LogP contribution is 2.38. The fraction of sp³-hybridized carbons (Fsp3) is 0.709. The molecule has 18 heteroatoms. The number of esters is 1. The van der Waals surface area contributed by atoms with Gasteiger partial charge in [-0.05, 0) is 52.5 Å². The molecule has 414 valence electrons. The van der Waals surface area contributed by atoms with Crippen molar-refractivity contribution in [3.8, 4) is 0 Å². The zero-order chi connectivity index (χ0) is 53.5. The summed E-state index contributed by atoms with van der Waals surface area (Å²) in [6.45, 7) is 7.82. The van der Waals surface area contributed by atoms with Gasteiger partial charge in [-0.3, -0.25) is 9.59 Å². The second-order valence-electron chi connectivity index (χ2n) is 20.5. The van der Waals surface area contributed by atoms with Crippen LogP contribution in [0.2, 0.25) is 0 Å². The molecule has 18 nitrogen and oxygen atoms in total. The minimum absolute atomic E-state index is 0.0812. The van der Waals surface area contributed by atoms with Crippen molar-refractivity contribution < 1.29 is 79.6 Å². The van der Waals surface area contributed by atoms with Gasteiger partial charge in [0.15, 0.2) is 12.1 Å². The Kier molecular flexibility index (Phi) is 27.4. The summed E-state index contributed by atoms with van der Waals surface area (Å²) in [5.41, 5.74) is 0. The standard InChI is InChI=1S/C55H88N2O16/c1-35-23-19-15-11-9-7-5-6-8-10-12-16-20-24-42-32-46-48(53(68)57-28-22-18-14-13-17-21-27-56-49-51(66)38(4)71-54(72-42)52(49)67)45(63)34-55(69,73-46)33-41(60)30-44(62)43(61)26-25-39(58)29-40(59)31-47(64)70-37(3)36(2)50(35)65/h5-12,15-16,19-20,23-24,35-46,48-52,54,56,58-63,65-67,69H,13-14,17-18,21-22,25-34H2,1-4H3,(H,57,68)/b6-5+,9-7+,10-8+,15-11+,16-12+,23-19+,24-20+/t35-,36-,37-,38+,39+,40+,41-,42-,43+,44+,45-,46-,48+,49+,50+,51+,52-,54-,55+/m0/s1. The molecule has 0 saturated carbocycles. The molecule has 3 fully saturated rings. The van der Waals surface area contributed by atoms with E-state index in [0.29, 0.717) is 19.5 Å². The van der Waals surface area contributed by atoms with Gasteiger partial charge in [0.1, 0.15) is 12.2 Å². The summed E-state index contributed by atoms with van der Waals surface area (Å²) in [4.78, 5) is 26.7. The average molecular weight is 1030 g/mol. The van der Waals surface area contributed by atoms with Gasteiger partial charge in [-0.1, -0.05) is 125 Å². The van der Waals surface area contributed by atoms with Gasteiger partial charge in [0.05, 0.1) is 85.5 Å². The van der Waals surface area contributed by atoms with E-state index in [4.69, 9.17) is 18.9 Å². The fourth-order valence-corrected chi connectivity index (χ4v) is 9.75. The first-order valence-electron chi connectivity index (χ1n) is 26.5. The van der Waals surface area contributed by atoms with Gasteiger partial charge < -0.3 is 80.6 Å². The zero-order valence-electron chi connectivity index (χ0n) is 43.2. The van der Waals surface area contributed by atoms with Crippen LogP contribution in [0, 0.1) is 17.8 Å². The van der Waals surface area contributed by atoms with Crippen LogP contribution in [-0.4, -0.2) is 174 Å². The molecule has 0 unspecified atom stereocenters. The number of carbonyl (C=O) groups excluding carboxylic acids is 2. The van der Waals surface area contributed by atoms with Crippen molar-refractivity contribution in [2.24, 2.45) is 17.8 Å². The number of carbonyl (C=O) groups is 2. The Morgan fingerprint density at radius 2 is 1.15 bits per heavy atom. The largest absolute Gasteiger partial charge is 0.462 e. The summed E-state index contributed by atoms with van der Waals surface area (Å²) in [7, 11) is 0. The molecule has 3 saturated heterocycles. The molecule has 19 atom stereocenters. The minimum Gasteiger partial charge on any atom is -0.462 e. The number of nitrogens with one attached hydrogen (secondary N) is 2. The molecule has 0 aromatic rings. The van der Waals surface area contributed by atoms with Crippen molar-refractivity contribution in [1.29, 1.82) is 0 Å². The first-order valence-corrected chi connectivity index (χ1v) is 26.5. The van der Waals surface area contributed by atoms with Gasteiger partial charge in [-0.25, -0.2) is 0 Å². The minimum atomic E-state index is -2.24. The van der Waals surface area contributed by atoms with Crippen LogP contribution in [-0.2, 0) is 28.5 Å². The normalized spacial score (nSPS) is 44.0. The summed E-state index contributed by atoms with van der Waals surface area (Å²) < 4.78 is 24.3. The lowest BCUT2D eigenvalue weighted by Crippen LogP contribution is -2.63. The molecular weight excluding hydrogens is 945 g/mol. The third kappa shape index (κ3) is 21.6. The first kappa shape index (κ1) is 62.1. The maximum absolute atomic E-state index is 13.9. The monoisotopic (exact) mass is 1030 g/mol. The van der Waals surface area contributed by atoms with Gasteiger partial charge >= 0.3 is 5.97 Å². The Morgan fingerprint density at radius 3 is 1.79 bits per heavy atom. The van der Waals surface area contributed by atoms with E-state index in [0.717, 1.165) is 32.1 Å². The molecule has 0 aromatic carbocycles. The number of hydrogen-bond donors (Lipinski definition) is 12. The quantitative estimate of drug-likeness (QED) is 0.155. The summed E-state index contributed by atoms with van der Waals surface area (Å²) in [5, 5.41) is 118. The van der Waals surface area contributed by atoms with Crippen molar-refractivity contribution in [3.05, 3.63) is 85.1 Å². The molecule has 12 N–H and O–H groups in total. The molecule has 4 aliphatic rings. The summed E-state index contributed by atoms with van der Waals surface area (Å²) in [6.07, 6.45) is 11.3. The Labute approximate surface area is 431 Å². The van der Waals surface area contributed by atoms with E-state index in [1.807, 2.05) is 61.6 Å². The molecule has 5 bridgehead atoms. The second kappa shape index (κ2) is 32.2. The van der Waals surface area contributed by atoms with Gasteiger partial charge in [0.25, 0.3) is 0 Å². The van der Waals surface area contributed by atoms with Crippen LogP contribution >= 0.6 is 0 Å². The second-order valence-corrected chi connectivity index (χ2v) is 20.5. The molecule has 1 amide bonds. The van der Waals surface area contributed by atoms with Crippen LogP contribution in [0.3, 0.4) is 0 Å². The molecule has 4 aliphatic heterocycles. The number of cyclic esters (lactones) is 1. The molecule has 0 radical (unpaired) electrons. The predicted molar refractivity (Wildman–Crippen MR) is 274 cm³/mol. The van der Waals surface area contributed by atoms with Gasteiger partial charge in [-0.2, -0.15) is 0 Å². The zero-order valence-corrected chi connectivity index (χ0v) is 43.2. The molecule has 0 aromatic heterocycles. The Morgan fingerprint density at radius 1 is 0.562 bits per heavy atom. The number of amides is 1. The van der Waals surface area contributed by atoms with Crippen molar-refractivity contribution in [1.82, 2.24) is 10.6 Å². The van der Waals surface area contributed by atoms with Gasteiger partial charge in [0.2, 0.25) is 5.91 Å². The third-order valence-corrected chi connectivity index (χ3v) is 14.3. The summed E-state index contributed by atoms with van der Waals surface area (Å²) in [5.74, 6) is -5.39. The molecule has 0 spiro atoms. The topological polar surface area (TPSA) is 297 Å². The number of allylic oxidation sites excluding steroid dienone is 12. The molecule has 0 aliphatic carbocycles. The van der Waals surface area contributed by atoms with E-state index in [-0.39, 0.29) is 31.6 Å². The van der Waals surface area contributed by atoms with E-state index in [2.05, 4.69) is 10.6 Å². The van der Waals surface area contributed by atoms with E-state index < -0.39 is 147 Å². The maximum atomic E-state index is 13.9. The summed E-state index contributed by atoms with van der Waals surface area (Å²) >= 11 is 0. The average Bonchev–Trinajstić information content (AvgIpc) is 3.32. The van der Waals surface area contributed by atoms with E-state index in [1.165, 1.54) is 0 Å². The molecular formula is C55H88N2O16. The van der Waals surface area contributed by atoms with E-state index >= 15 is 0 Å². The number of aliphatic hydroxyl groups is 10. The van der Waals surface area contributed by atoms with Gasteiger partial charge in [-0.15, -0.1) is 0 Å². The number of fused-ring (bicyclic) bond motifs is 4. The van der Waals surface area contributed by atoms with Gasteiger partial charge in [0, 0.05) is 44.1 Å². The van der Waals surface area contributed by atoms with Crippen molar-refractivity contribution in [3.63, 3.8) is 0 Å². The maximum Gasteiger partial charge on any atom is 0.308 e. The van der Waals surface area contributed by atoms with Crippen LogP contribution in [0.25, 0.3) is 0 Å². The highest BCUT2D eigenvalue weighted by molar-refractivity contribution is 5.80. The van der Waals surface area contributed by atoms with Crippen LogP contribution in [0.5, 0.6) is 0 Å². The highest BCUT2D eigenvalue weighted by Gasteiger charge is 2.51. The van der Waals surface area contributed by atoms with Crippen molar-refractivity contribution in [2.45, 2.75) is 215 Å². The van der Waals surface area contributed by atoms with Crippen molar-refractivity contribution in [2.75, 3.05) is 13.1 Å². The molecule has 4 rings (SSSR count).